The number of anilines is 1. The Bertz CT molecular complexity index is 1970. The summed E-state index contributed by atoms with van der Waals surface area (Å²) in [5.74, 6) is -1.11. The van der Waals surface area contributed by atoms with Crippen molar-refractivity contribution in [2.45, 2.75) is 70.0 Å². The van der Waals surface area contributed by atoms with Crippen molar-refractivity contribution in [1.82, 2.24) is 34.9 Å². The molecule has 4 aromatic rings. The predicted molar refractivity (Wildman–Crippen MR) is 183 cm³/mol. The summed E-state index contributed by atoms with van der Waals surface area (Å²) >= 11 is 3.55. The SMILES string of the molecule is O=C1CCC(N2Cc3cc(NC(=O)CCCCC(=O)N4CCC(n5cc(-c6cnc7cccc(Br)c7n6)cn5)CC4)ccc3C2=O)C(=O)N1. The highest BCUT2D eigenvalue weighted by molar-refractivity contribution is 9.10. The lowest BCUT2D eigenvalue weighted by atomic mass is 10.0. The molecule has 14 heteroatoms. The molecule has 2 fully saturated rings. The number of piperidine rings is 2. The topological polar surface area (TPSA) is 159 Å². The molecule has 2 aromatic carbocycles. The van der Waals surface area contributed by atoms with E-state index in [4.69, 9.17) is 4.98 Å². The van der Waals surface area contributed by atoms with Crippen LogP contribution in [0.4, 0.5) is 5.69 Å². The Hall–Kier alpha value is -4.98. The first-order valence-electron chi connectivity index (χ1n) is 16.5. The van der Waals surface area contributed by atoms with Crippen molar-refractivity contribution >= 4 is 62.2 Å². The minimum Gasteiger partial charge on any atom is -0.343 e. The quantitative estimate of drug-likeness (QED) is 0.190. The molecule has 1 unspecified atom stereocenters. The van der Waals surface area contributed by atoms with Gasteiger partial charge in [-0.1, -0.05) is 6.07 Å². The largest absolute Gasteiger partial charge is 0.343 e. The van der Waals surface area contributed by atoms with Crippen molar-refractivity contribution in [3.8, 4) is 11.3 Å². The van der Waals surface area contributed by atoms with E-state index in [0.717, 1.165) is 45.2 Å². The predicted octanol–water partition coefficient (Wildman–Crippen LogP) is 4.38. The van der Waals surface area contributed by atoms with Crippen LogP contribution in [0.25, 0.3) is 22.3 Å². The Morgan fingerprint density at radius 2 is 1.82 bits per heavy atom. The van der Waals surface area contributed by atoms with Gasteiger partial charge in [0, 0.05) is 66.4 Å². The van der Waals surface area contributed by atoms with E-state index in [1.165, 1.54) is 4.90 Å². The van der Waals surface area contributed by atoms with Crippen LogP contribution in [0.1, 0.15) is 73.3 Å². The first-order valence-corrected chi connectivity index (χ1v) is 17.3. The number of hydrogen-bond donors (Lipinski definition) is 2. The number of likely N-dealkylation sites (tertiary alicyclic amines) is 1. The molecule has 3 aliphatic heterocycles. The smallest absolute Gasteiger partial charge is 0.255 e. The van der Waals surface area contributed by atoms with Crippen molar-refractivity contribution in [1.29, 1.82) is 0 Å². The summed E-state index contributed by atoms with van der Waals surface area (Å²) in [5.41, 5.74) is 5.07. The van der Waals surface area contributed by atoms with Gasteiger partial charge in [-0.2, -0.15) is 5.10 Å². The minimum atomic E-state index is -0.685. The van der Waals surface area contributed by atoms with Crippen LogP contribution in [0.3, 0.4) is 0 Å². The maximum absolute atomic E-state index is 12.9. The summed E-state index contributed by atoms with van der Waals surface area (Å²) < 4.78 is 2.86. The molecule has 0 aliphatic carbocycles. The third-order valence-corrected chi connectivity index (χ3v) is 10.1. The average Bonchev–Trinajstić information content (AvgIpc) is 3.72. The second-order valence-corrected chi connectivity index (χ2v) is 13.6. The first-order chi connectivity index (χ1) is 23.7. The van der Waals surface area contributed by atoms with Crippen LogP contribution in [0.5, 0.6) is 0 Å². The maximum Gasteiger partial charge on any atom is 0.255 e. The molecular weight excluding hydrogens is 692 g/mol. The lowest BCUT2D eigenvalue weighted by Crippen LogP contribution is -2.52. The van der Waals surface area contributed by atoms with Crippen LogP contribution in [-0.4, -0.2) is 78.2 Å². The van der Waals surface area contributed by atoms with E-state index in [-0.39, 0.29) is 49.1 Å². The minimum absolute atomic E-state index is 0.0980. The second kappa shape index (κ2) is 13.9. The zero-order chi connectivity index (χ0) is 34.1. The summed E-state index contributed by atoms with van der Waals surface area (Å²) in [7, 11) is 0. The van der Waals surface area contributed by atoms with E-state index in [2.05, 4.69) is 36.6 Å². The molecule has 13 nitrogen and oxygen atoms in total. The highest BCUT2D eigenvalue weighted by Crippen LogP contribution is 2.30. The van der Waals surface area contributed by atoms with Gasteiger partial charge in [0.05, 0.1) is 29.6 Å². The number of halogens is 1. The van der Waals surface area contributed by atoms with Gasteiger partial charge in [-0.25, -0.2) is 4.98 Å². The van der Waals surface area contributed by atoms with Gasteiger partial charge in [0.1, 0.15) is 11.6 Å². The fourth-order valence-corrected chi connectivity index (χ4v) is 7.23. The monoisotopic (exact) mass is 726 g/mol. The Balaban J connectivity index is 0.833. The van der Waals surface area contributed by atoms with Crippen LogP contribution >= 0.6 is 15.9 Å². The number of para-hydroxylation sites is 1. The lowest BCUT2D eigenvalue weighted by Gasteiger charge is -2.32. The molecule has 2 N–H and O–H groups in total. The molecule has 0 spiro atoms. The van der Waals surface area contributed by atoms with Gasteiger partial charge in [-0.3, -0.25) is 39.0 Å². The molecule has 49 heavy (non-hydrogen) atoms. The molecule has 2 saturated heterocycles. The van der Waals surface area contributed by atoms with E-state index in [9.17, 15) is 24.0 Å². The third kappa shape index (κ3) is 6.95. The highest BCUT2D eigenvalue weighted by atomic mass is 79.9. The highest BCUT2D eigenvalue weighted by Gasteiger charge is 2.39. The summed E-state index contributed by atoms with van der Waals surface area (Å²) in [6.45, 7) is 1.55. The van der Waals surface area contributed by atoms with E-state index in [1.54, 1.807) is 24.4 Å². The molecule has 0 saturated carbocycles. The Morgan fingerprint density at radius 1 is 1.00 bits per heavy atom. The molecule has 0 radical (unpaired) electrons. The lowest BCUT2D eigenvalue weighted by molar-refractivity contribution is -0.137. The summed E-state index contributed by atoms with van der Waals surface area (Å²) in [4.78, 5) is 75.0. The van der Waals surface area contributed by atoms with Crippen molar-refractivity contribution in [2.75, 3.05) is 18.4 Å². The average molecular weight is 728 g/mol. The van der Waals surface area contributed by atoms with Crippen molar-refractivity contribution in [3.05, 3.63) is 70.6 Å². The number of nitrogens with one attached hydrogen (secondary N) is 2. The van der Waals surface area contributed by atoms with Gasteiger partial charge in [0.2, 0.25) is 23.6 Å². The second-order valence-electron chi connectivity index (χ2n) is 12.7. The van der Waals surface area contributed by atoms with E-state index < -0.39 is 11.9 Å². The van der Waals surface area contributed by atoms with Gasteiger partial charge in [0.15, 0.2) is 0 Å². The Kier molecular flexibility index (Phi) is 9.21. The number of fused-ring (bicyclic) bond motifs is 2. The molecular formula is C35H35BrN8O5. The van der Waals surface area contributed by atoms with E-state index in [0.29, 0.717) is 50.0 Å². The third-order valence-electron chi connectivity index (χ3n) is 9.46. The van der Waals surface area contributed by atoms with Gasteiger partial charge in [-0.15, -0.1) is 0 Å². The number of hydrogen-bond acceptors (Lipinski definition) is 8. The number of carbonyl (C=O) groups excluding carboxylic acids is 5. The molecule has 7 rings (SSSR count). The number of unbranched alkanes of at least 4 members (excludes halogenated alkanes) is 1. The zero-order valence-electron chi connectivity index (χ0n) is 26.7. The van der Waals surface area contributed by atoms with E-state index >= 15 is 0 Å². The molecule has 5 heterocycles. The fourth-order valence-electron chi connectivity index (χ4n) is 6.78. The maximum atomic E-state index is 12.9. The number of benzene rings is 2. The number of carbonyl (C=O) groups is 5. The van der Waals surface area contributed by atoms with E-state index in [1.807, 2.05) is 40.2 Å². The summed E-state index contributed by atoms with van der Waals surface area (Å²) in [6.07, 6.45) is 9.51. The Morgan fingerprint density at radius 3 is 2.63 bits per heavy atom. The normalized spacial score (nSPS) is 18.1. The van der Waals surface area contributed by atoms with Crippen LogP contribution in [0.15, 0.2) is 59.5 Å². The summed E-state index contributed by atoms with van der Waals surface area (Å²) in [5, 5.41) is 9.78. The standard InChI is InChI=1S/C35H35BrN8O5/c36-26-4-3-5-27-33(26)40-28(18-37-27)22-17-38-44(20-22)24-12-14-42(15-13-24)32(47)7-2-1-6-30(45)39-23-8-9-25-21(16-23)19-43(35(25)49)29-10-11-31(46)41-34(29)48/h3-5,8-9,16-18,20,24,29H,1-2,6-7,10-15,19H2,(H,39,45)(H,41,46,48). The zero-order valence-corrected chi connectivity index (χ0v) is 28.3. The van der Waals surface area contributed by atoms with Crippen LogP contribution in [0, 0.1) is 0 Å². The number of nitrogens with zero attached hydrogens (tertiary/aromatic N) is 6. The number of rotatable bonds is 9. The molecule has 3 aliphatic rings. The number of imide groups is 1. The van der Waals surface area contributed by atoms with Crippen LogP contribution in [-0.2, 0) is 25.7 Å². The van der Waals surface area contributed by atoms with Gasteiger partial charge >= 0.3 is 0 Å². The molecule has 2 aromatic heterocycles. The van der Waals surface area contributed by atoms with Crippen molar-refractivity contribution in [3.63, 3.8) is 0 Å². The molecule has 5 amide bonds. The van der Waals surface area contributed by atoms with Crippen molar-refractivity contribution in [2.24, 2.45) is 0 Å². The van der Waals surface area contributed by atoms with Crippen LogP contribution in [0.2, 0.25) is 0 Å². The number of amides is 5. The van der Waals surface area contributed by atoms with Crippen molar-refractivity contribution < 1.29 is 24.0 Å². The number of aromatic nitrogens is 4. The Labute approximate surface area is 290 Å². The fraction of sp³-hybridized carbons (Fsp3) is 0.371. The first kappa shape index (κ1) is 32.6. The molecule has 1 atom stereocenters. The van der Waals surface area contributed by atoms with Crippen LogP contribution < -0.4 is 10.6 Å². The summed E-state index contributed by atoms with van der Waals surface area (Å²) in [6, 6.07) is 10.4. The van der Waals surface area contributed by atoms with Gasteiger partial charge in [-0.05, 0) is 83.9 Å². The molecule has 0 bridgehead atoms. The van der Waals surface area contributed by atoms with Gasteiger partial charge in [0.25, 0.3) is 5.91 Å². The van der Waals surface area contributed by atoms with Gasteiger partial charge < -0.3 is 15.1 Å². The molecule has 252 valence electrons.